The molecule has 0 saturated heterocycles. The maximum atomic E-state index is 5.43. The molecule has 0 spiro atoms. The standard InChI is InChI=1S/C24H56N6/c1-2-3-4-5-6-7-8-9-10-11-12-13-15-26-17-19-28-21-23-30-24-22-29-20-18-27-16-14-25/h26-30H,2-25H2,1H3. The van der Waals surface area contributed by atoms with Gasteiger partial charge in [-0.1, -0.05) is 77.6 Å². The second kappa shape index (κ2) is 28.8. The van der Waals surface area contributed by atoms with Crippen LogP contribution < -0.4 is 32.3 Å². The molecule has 0 aromatic rings. The van der Waals surface area contributed by atoms with Crippen LogP contribution >= 0.6 is 0 Å². The summed E-state index contributed by atoms with van der Waals surface area (Å²) in [5.74, 6) is 0. The third-order valence-corrected chi connectivity index (χ3v) is 5.44. The zero-order valence-corrected chi connectivity index (χ0v) is 20.3. The Morgan fingerprint density at radius 3 is 1.03 bits per heavy atom. The summed E-state index contributed by atoms with van der Waals surface area (Å²) >= 11 is 0. The minimum Gasteiger partial charge on any atom is -0.329 e. The van der Waals surface area contributed by atoms with Gasteiger partial charge in [-0.15, -0.1) is 0 Å². The molecule has 0 rings (SSSR count). The fourth-order valence-corrected chi connectivity index (χ4v) is 3.53. The van der Waals surface area contributed by atoms with E-state index in [4.69, 9.17) is 5.73 Å². The van der Waals surface area contributed by atoms with E-state index in [0.717, 1.165) is 58.9 Å². The summed E-state index contributed by atoms with van der Waals surface area (Å²) in [7, 11) is 0. The minimum absolute atomic E-state index is 0.712. The Hall–Kier alpha value is -0.240. The summed E-state index contributed by atoms with van der Waals surface area (Å²) < 4.78 is 0. The number of hydrogen-bond donors (Lipinski definition) is 6. The van der Waals surface area contributed by atoms with E-state index in [2.05, 4.69) is 33.5 Å². The Labute approximate surface area is 188 Å². The second-order valence-electron chi connectivity index (χ2n) is 8.43. The molecule has 0 saturated carbocycles. The Kier molecular flexibility index (Phi) is 28.5. The molecular formula is C24H56N6. The molecule has 0 atom stereocenters. The minimum atomic E-state index is 0.712. The molecule has 0 amide bonds. The summed E-state index contributed by atoms with van der Waals surface area (Å²) in [6.45, 7) is 13.3. The van der Waals surface area contributed by atoms with Crippen molar-refractivity contribution in [2.45, 2.75) is 84.0 Å². The van der Waals surface area contributed by atoms with E-state index in [1.807, 2.05) is 0 Å². The fraction of sp³-hybridized carbons (Fsp3) is 1.00. The maximum absolute atomic E-state index is 5.43. The van der Waals surface area contributed by atoms with E-state index in [1.54, 1.807) is 0 Å². The lowest BCUT2D eigenvalue weighted by Gasteiger charge is -2.09. The van der Waals surface area contributed by atoms with Gasteiger partial charge >= 0.3 is 0 Å². The van der Waals surface area contributed by atoms with Gasteiger partial charge in [-0.25, -0.2) is 0 Å². The predicted octanol–water partition coefficient (Wildman–Crippen LogP) is 2.59. The van der Waals surface area contributed by atoms with Crippen molar-refractivity contribution in [3.05, 3.63) is 0 Å². The lowest BCUT2D eigenvalue weighted by Crippen LogP contribution is -2.37. The third-order valence-electron chi connectivity index (χ3n) is 5.44. The third kappa shape index (κ3) is 27.8. The molecule has 182 valence electrons. The molecule has 6 nitrogen and oxygen atoms in total. The van der Waals surface area contributed by atoms with Gasteiger partial charge in [0.2, 0.25) is 0 Å². The number of nitrogens with two attached hydrogens (primary N) is 1. The molecule has 0 aliphatic heterocycles. The highest BCUT2D eigenvalue weighted by atomic mass is 15.0. The van der Waals surface area contributed by atoms with Crippen LogP contribution in [0.5, 0.6) is 0 Å². The van der Waals surface area contributed by atoms with Crippen molar-refractivity contribution in [3.8, 4) is 0 Å². The molecular weight excluding hydrogens is 372 g/mol. The van der Waals surface area contributed by atoms with Gasteiger partial charge < -0.3 is 32.3 Å². The molecule has 30 heavy (non-hydrogen) atoms. The van der Waals surface area contributed by atoms with Gasteiger partial charge in [-0.2, -0.15) is 0 Å². The first kappa shape index (κ1) is 29.8. The number of rotatable bonds is 27. The van der Waals surface area contributed by atoms with Crippen molar-refractivity contribution >= 4 is 0 Å². The van der Waals surface area contributed by atoms with Gasteiger partial charge in [-0.3, -0.25) is 0 Å². The van der Waals surface area contributed by atoms with Crippen LogP contribution in [-0.2, 0) is 0 Å². The summed E-state index contributed by atoms with van der Waals surface area (Å²) in [4.78, 5) is 0. The molecule has 0 bridgehead atoms. The van der Waals surface area contributed by atoms with Crippen LogP contribution in [-0.4, -0.2) is 72.0 Å². The highest BCUT2D eigenvalue weighted by Gasteiger charge is 1.94. The molecule has 0 aromatic carbocycles. The van der Waals surface area contributed by atoms with Gasteiger partial charge in [0.25, 0.3) is 0 Å². The Morgan fingerprint density at radius 1 is 0.367 bits per heavy atom. The molecule has 0 aliphatic carbocycles. The molecule has 0 unspecified atom stereocenters. The predicted molar refractivity (Wildman–Crippen MR) is 134 cm³/mol. The summed E-state index contributed by atoms with van der Waals surface area (Å²) in [5.41, 5.74) is 5.43. The smallest absolute Gasteiger partial charge is 0.00772 e. The Morgan fingerprint density at radius 2 is 0.667 bits per heavy atom. The zero-order valence-electron chi connectivity index (χ0n) is 20.3. The Bertz CT molecular complexity index is 263. The lowest BCUT2D eigenvalue weighted by atomic mass is 10.1. The molecule has 0 aromatic heterocycles. The molecule has 0 aliphatic rings. The van der Waals surface area contributed by atoms with Gasteiger partial charge in [0.1, 0.15) is 0 Å². The zero-order chi connectivity index (χ0) is 21.8. The fourth-order valence-electron chi connectivity index (χ4n) is 3.53. The van der Waals surface area contributed by atoms with Crippen LogP contribution in [0.1, 0.15) is 84.0 Å². The van der Waals surface area contributed by atoms with Crippen molar-refractivity contribution < 1.29 is 0 Å². The van der Waals surface area contributed by atoms with Crippen molar-refractivity contribution in [3.63, 3.8) is 0 Å². The highest BCUT2D eigenvalue weighted by Crippen LogP contribution is 2.11. The molecule has 6 heteroatoms. The van der Waals surface area contributed by atoms with Crippen molar-refractivity contribution in [2.24, 2.45) is 5.73 Å². The topological polar surface area (TPSA) is 86.2 Å². The van der Waals surface area contributed by atoms with E-state index in [1.165, 1.54) is 83.6 Å². The second-order valence-corrected chi connectivity index (χ2v) is 8.43. The number of nitrogens with one attached hydrogen (secondary N) is 5. The van der Waals surface area contributed by atoms with Crippen molar-refractivity contribution in [2.75, 3.05) is 72.0 Å². The molecule has 0 heterocycles. The van der Waals surface area contributed by atoms with Crippen LogP contribution in [0.2, 0.25) is 0 Å². The van der Waals surface area contributed by atoms with E-state index in [-0.39, 0.29) is 0 Å². The van der Waals surface area contributed by atoms with Gasteiger partial charge in [-0.05, 0) is 13.0 Å². The summed E-state index contributed by atoms with van der Waals surface area (Å²) in [5, 5.41) is 17.2. The van der Waals surface area contributed by atoms with Gasteiger partial charge in [0.05, 0.1) is 0 Å². The average Bonchev–Trinajstić information content (AvgIpc) is 2.76. The maximum Gasteiger partial charge on any atom is 0.00772 e. The lowest BCUT2D eigenvalue weighted by molar-refractivity contribution is 0.529. The van der Waals surface area contributed by atoms with Crippen LogP contribution in [0.3, 0.4) is 0 Å². The van der Waals surface area contributed by atoms with Gasteiger partial charge in [0.15, 0.2) is 0 Å². The largest absolute Gasteiger partial charge is 0.329 e. The van der Waals surface area contributed by atoms with Crippen LogP contribution in [0.4, 0.5) is 0 Å². The van der Waals surface area contributed by atoms with E-state index < -0.39 is 0 Å². The van der Waals surface area contributed by atoms with Crippen LogP contribution in [0.15, 0.2) is 0 Å². The number of hydrogen-bond acceptors (Lipinski definition) is 6. The van der Waals surface area contributed by atoms with E-state index in [9.17, 15) is 0 Å². The normalized spacial score (nSPS) is 11.4. The highest BCUT2D eigenvalue weighted by molar-refractivity contribution is 4.58. The first-order valence-corrected chi connectivity index (χ1v) is 13.2. The van der Waals surface area contributed by atoms with Crippen LogP contribution in [0, 0.1) is 0 Å². The van der Waals surface area contributed by atoms with Gasteiger partial charge in [0, 0.05) is 65.4 Å². The first-order valence-electron chi connectivity index (χ1n) is 13.2. The average molecular weight is 429 g/mol. The summed E-state index contributed by atoms with van der Waals surface area (Å²) in [6, 6.07) is 0. The monoisotopic (exact) mass is 428 g/mol. The molecule has 0 radical (unpaired) electrons. The SMILES string of the molecule is CCCCCCCCCCCCCCNCCNCCNCCNCCNCCN. The Balaban J connectivity index is 2.97. The van der Waals surface area contributed by atoms with Crippen molar-refractivity contribution in [1.29, 1.82) is 0 Å². The van der Waals surface area contributed by atoms with E-state index in [0.29, 0.717) is 6.54 Å². The molecule has 7 N–H and O–H groups in total. The quantitative estimate of drug-likeness (QED) is 0.113. The van der Waals surface area contributed by atoms with Crippen molar-refractivity contribution in [1.82, 2.24) is 26.6 Å². The summed E-state index contributed by atoms with van der Waals surface area (Å²) in [6.07, 6.45) is 17.1. The number of unbranched alkanes of at least 4 members (excludes halogenated alkanes) is 11. The van der Waals surface area contributed by atoms with Crippen LogP contribution in [0.25, 0.3) is 0 Å². The van der Waals surface area contributed by atoms with E-state index >= 15 is 0 Å². The first-order chi connectivity index (χ1) is 14.9. The molecule has 0 fully saturated rings.